The molecule has 17 heavy (non-hydrogen) atoms. The van der Waals surface area contributed by atoms with Gasteiger partial charge in [-0.25, -0.2) is 13.1 Å². The maximum atomic E-state index is 12.0. The molecule has 0 fully saturated rings. The molecule has 4 nitrogen and oxygen atoms in total. The Morgan fingerprint density at radius 3 is 2.18 bits per heavy atom. The molecule has 1 aromatic carbocycles. The van der Waals surface area contributed by atoms with E-state index in [9.17, 15) is 8.42 Å². The zero-order chi connectivity index (χ0) is 12.9. The van der Waals surface area contributed by atoms with Crippen molar-refractivity contribution < 1.29 is 8.42 Å². The number of nitrogens with one attached hydrogen (secondary N) is 2. The molecule has 96 valence electrons. The lowest BCUT2D eigenvalue weighted by Gasteiger charge is -2.08. The second-order valence-electron chi connectivity index (χ2n) is 4.18. The Hall–Kier alpha value is -0.910. The second kappa shape index (κ2) is 6.14. The summed E-state index contributed by atoms with van der Waals surface area (Å²) < 4.78 is 26.5. The van der Waals surface area contributed by atoms with Gasteiger partial charge < -0.3 is 5.32 Å². The quantitative estimate of drug-likeness (QED) is 0.752. The van der Waals surface area contributed by atoms with Gasteiger partial charge >= 0.3 is 0 Å². The number of benzene rings is 1. The molecule has 0 aliphatic rings. The molecule has 0 saturated heterocycles. The van der Waals surface area contributed by atoms with E-state index in [4.69, 9.17) is 0 Å². The fourth-order valence-corrected chi connectivity index (χ4v) is 2.90. The first-order chi connectivity index (χ1) is 7.95. The van der Waals surface area contributed by atoms with Gasteiger partial charge in [-0.05, 0) is 57.1 Å². The minimum absolute atomic E-state index is 0.347. The smallest absolute Gasteiger partial charge is 0.240 e. The molecule has 5 heteroatoms. The summed E-state index contributed by atoms with van der Waals surface area (Å²) in [6.07, 6.45) is 0.778. The molecule has 0 amide bonds. The Balaban J connectivity index is 2.75. The predicted octanol–water partition coefficient (Wildman–Crippen LogP) is 1.19. The molecule has 0 aliphatic carbocycles. The molecule has 0 radical (unpaired) electrons. The van der Waals surface area contributed by atoms with E-state index in [2.05, 4.69) is 10.0 Å². The van der Waals surface area contributed by atoms with Crippen LogP contribution in [0.5, 0.6) is 0 Å². The molecule has 0 bridgehead atoms. The van der Waals surface area contributed by atoms with E-state index in [0.717, 1.165) is 24.1 Å². The molecule has 0 aromatic heterocycles. The SMILES string of the molecule is CNCCCNS(=O)(=O)c1cc(C)cc(C)c1. The highest BCUT2D eigenvalue weighted by molar-refractivity contribution is 7.89. The molecule has 0 atom stereocenters. The highest BCUT2D eigenvalue weighted by Crippen LogP contribution is 2.13. The highest BCUT2D eigenvalue weighted by atomic mass is 32.2. The van der Waals surface area contributed by atoms with Gasteiger partial charge in [-0.2, -0.15) is 0 Å². The molecule has 0 saturated carbocycles. The van der Waals surface area contributed by atoms with E-state index in [1.165, 1.54) is 0 Å². The van der Waals surface area contributed by atoms with Crippen LogP contribution in [-0.2, 0) is 10.0 Å². The van der Waals surface area contributed by atoms with Crippen LogP contribution in [-0.4, -0.2) is 28.6 Å². The van der Waals surface area contributed by atoms with Crippen molar-refractivity contribution in [2.24, 2.45) is 0 Å². The Morgan fingerprint density at radius 1 is 1.06 bits per heavy atom. The minimum Gasteiger partial charge on any atom is -0.320 e. The average molecular weight is 256 g/mol. The maximum absolute atomic E-state index is 12.0. The molecule has 2 N–H and O–H groups in total. The van der Waals surface area contributed by atoms with Crippen LogP contribution in [0.25, 0.3) is 0 Å². The van der Waals surface area contributed by atoms with Crippen LogP contribution >= 0.6 is 0 Å². The van der Waals surface area contributed by atoms with Crippen LogP contribution in [0.1, 0.15) is 17.5 Å². The van der Waals surface area contributed by atoms with Crippen molar-refractivity contribution in [3.8, 4) is 0 Å². The Labute approximate surface area is 103 Å². The summed E-state index contributed by atoms with van der Waals surface area (Å²) in [5.41, 5.74) is 1.92. The predicted molar refractivity (Wildman–Crippen MR) is 69.6 cm³/mol. The molecular weight excluding hydrogens is 236 g/mol. The van der Waals surface area contributed by atoms with Crippen molar-refractivity contribution in [1.29, 1.82) is 0 Å². The molecule has 0 aliphatic heterocycles. The van der Waals surface area contributed by atoms with E-state index in [-0.39, 0.29) is 0 Å². The van der Waals surface area contributed by atoms with Gasteiger partial charge in [0.25, 0.3) is 0 Å². The van der Waals surface area contributed by atoms with E-state index >= 15 is 0 Å². The third-order valence-corrected chi connectivity index (χ3v) is 3.84. The number of sulfonamides is 1. The molecule has 0 unspecified atom stereocenters. The summed E-state index contributed by atoms with van der Waals surface area (Å²) in [6, 6.07) is 5.33. The van der Waals surface area contributed by atoms with Crippen molar-refractivity contribution in [2.75, 3.05) is 20.1 Å². The van der Waals surface area contributed by atoms with Gasteiger partial charge in [-0.3, -0.25) is 0 Å². The van der Waals surface area contributed by atoms with Gasteiger partial charge in [0.1, 0.15) is 0 Å². The van der Waals surface area contributed by atoms with Crippen LogP contribution in [0.15, 0.2) is 23.1 Å². The van der Waals surface area contributed by atoms with Gasteiger partial charge in [0.2, 0.25) is 10.0 Å². The lowest BCUT2D eigenvalue weighted by Crippen LogP contribution is -2.26. The zero-order valence-electron chi connectivity index (χ0n) is 10.6. The lowest BCUT2D eigenvalue weighted by molar-refractivity contribution is 0.577. The molecule has 0 heterocycles. The van der Waals surface area contributed by atoms with Crippen LogP contribution in [0.3, 0.4) is 0 Å². The Bertz CT molecular complexity index is 449. The van der Waals surface area contributed by atoms with Crippen LogP contribution in [0.2, 0.25) is 0 Å². The van der Waals surface area contributed by atoms with Gasteiger partial charge in [0.15, 0.2) is 0 Å². The van der Waals surface area contributed by atoms with Gasteiger partial charge in [0.05, 0.1) is 4.90 Å². The zero-order valence-corrected chi connectivity index (χ0v) is 11.4. The highest BCUT2D eigenvalue weighted by Gasteiger charge is 2.13. The normalized spacial score (nSPS) is 11.7. The Kier molecular flexibility index (Phi) is 5.11. The minimum atomic E-state index is -3.36. The summed E-state index contributed by atoms with van der Waals surface area (Å²) in [7, 11) is -1.52. The molecule has 1 rings (SSSR count). The number of hydrogen-bond donors (Lipinski definition) is 2. The van der Waals surface area contributed by atoms with Crippen LogP contribution in [0, 0.1) is 13.8 Å². The maximum Gasteiger partial charge on any atom is 0.240 e. The van der Waals surface area contributed by atoms with Gasteiger partial charge in [-0.1, -0.05) is 6.07 Å². The first-order valence-electron chi connectivity index (χ1n) is 5.68. The first-order valence-corrected chi connectivity index (χ1v) is 7.16. The first kappa shape index (κ1) is 14.2. The van der Waals surface area contributed by atoms with Crippen molar-refractivity contribution >= 4 is 10.0 Å². The third-order valence-electron chi connectivity index (χ3n) is 2.40. The molecule has 0 spiro atoms. The molecule has 1 aromatic rings. The topological polar surface area (TPSA) is 58.2 Å². The van der Waals surface area contributed by atoms with Crippen molar-refractivity contribution in [3.63, 3.8) is 0 Å². The fourth-order valence-electron chi connectivity index (χ4n) is 1.64. The summed E-state index contributed by atoms with van der Waals surface area (Å²) >= 11 is 0. The summed E-state index contributed by atoms with van der Waals surface area (Å²) in [5, 5.41) is 2.98. The third kappa shape index (κ3) is 4.46. The van der Waals surface area contributed by atoms with E-state index in [1.54, 1.807) is 12.1 Å². The summed E-state index contributed by atoms with van der Waals surface area (Å²) in [4.78, 5) is 0.347. The largest absolute Gasteiger partial charge is 0.320 e. The average Bonchev–Trinajstić information content (AvgIpc) is 2.23. The number of aryl methyl sites for hydroxylation is 2. The van der Waals surface area contributed by atoms with Gasteiger partial charge in [-0.15, -0.1) is 0 Å². The molecular formula is C12H20N2O2S. The second-order valence-corrected chi connectivity index (χ2v) is 5.95. The van der Waals surface area contributed by atoms with Crippen molar-refractivity contribution in [3.05, 3.63) is 29.3 Å². The monoisotopic (exact) mass is 256 g/mol. The van der Waals surface area contributed by atoms with E-state index < -0.39 is 10.0 Å². The fraction of sp³-hybridized carbons (Fsp3) is 0.500. The van der Waals surface area contributed by atoms with Gasteiger partial charge in [0, 0.05) is 6.54 Å². The lowest BCUT2D eigenvalue weighted by atomic mass is 10.2. The van der Waals surface area contributed by atoms with E-state index in [0.29, 0.717) is 11.4 Å². The van der Waals surface area contributed by atoms with Crippen molar-refractivity contribution in [1.82, 2.24) is 10.0 Å². The van der Waals surface area contributed by atoms with Crippen LogP contribution in [0.4, 0.5) is 0 Å². The van der Waals surface area contributed by atoms with Crippen LogP contribution < -0.4 is 10.0 Å². The Morgan fingerprint density at radius 2 is 1.65 bits per heavy atom. The summed E-state index contributed by atoms with van der Waals surface area (Å²) in [5.74, 6) is 0. The standard InChI is InChI=1S/C12H20N2O2S/c1-10-7-11(2)9-12(8-10)17(15,16)14-6-4-5-13-3/h7-9,13-14H,4-6H2,1-3H3. The number of hydrogen-bond acceptors (Lipinski definition) is 3. The number of rotatable bonds is 6. The summed E-state index contributed by atoms with van der Waals surface area (Å²) in [6.45, 7) is 5.05. The van der Waals surface area contributed by atoms with Crippen molar-refractivity contribution in [2.45, 2.75) is 25.2 Å². The van der Waals surface area contributed by atoms with E-state index in [1.807, 2.05) is 27.0 Å².